The molecule has 3 amide bonds. The number of hydrogen-bond acceptors (Lipinski definition) is 5. The molecule has 5 rings (SSSR count). The summed E-state index contributed by atoms with van der Waals surface area (Å²) in [4.78, 5) is 42.9. The second-order valence-corrected chi connectivity index (χ2v) is 8.00. The van der Waals surface area contributed by atoms with E-state index in [0.717, 1.165) is 28.8 Å². The van der Waals surface area contributed by atoms with Gasteiger partial charge in [0.05, 0.1) is 31.1 Å². The van der Waals surface area contributed by atoms with Crippen molar-refractivity contribution in [3.8, 4) is 0 Å². The number of hydrogen-bond donors (Lipinski definition) is 3. The van der Waals surface area contributed by atoms with Crippen LogP contribution in [0.5, 0.6) is 0 Å². The standard InChI is InChI=1S/C23H22N6O3/c30-20(11-14-4-6-15(7-5-14)16-8-10-25-22(16)31)26-21-17-12-29(13-19(17)27-28-21)23(32)18-3-1-2-9-24-18/h1-7,9,16H,8,10-13H2,(H,25,31)(H2,26,27,28,30). The monoisotopic (exact) mass is 430 g/mol. The first-order valence-corrected chi connectivity index (χ1v) is 10.5. The SMILES string of the molecule is O=C(Cc1ccc(C2CCNC2=O)cc1)Nc1n[nH]c2c1CN(C(=O)c1ccccn1)C2. The number of amides is 3. The van der Waals surface area contributed by atoms with Crippen molar-refractivity contribution in [2.75, 3.05) is 11.9 Å². The second kappa shape index (κ2) is 8.26. The molecule has 0 bridgehead atoms. The zero-order chi connectivity index (χ0) is 22.1. The Balaban J connectivity index is 1.21. The van der Waals surface area contributed by atoms with Gasteiger partial charge in [-0.2, -0.15) is 5.10 Å². The van der Waals surface area contributed by atoms with Crippen molar-refractivity contribution in [2.24, 2.45) is 0 Å². The highest BCUT2D eigenvalue weighted by Gasteiger charge is 2.30. The number of nitrogens with zero attached hydrogens (tertiary/aromatic N) is 3. The van der Waals surface area contributed by atoms with E-state index < -0.39 is 0 Å². The summed E-state index contributed by atoms with van der Waals surface area (Å²) in [6.07, 6.45) is 2.57. The van der Waals surface area contributed by atoms with Gasteiger partial charge in [-0.25, -0.2) is 0 Å². The van der Waals surface area contributed by atoms with Gasteiger partial charge in [-0.3, -0.25) is 24.5 Å². The molecule has 0 aliphatic carbocycles. The van der Waals surface area contributed by atoms with E-state index in [4.69, 9.17) is 0 Å². The fourth-order valence-electron chi connectivity index (χ4n) is 4.18. The van der Waals surface area contributed by atoms with Gasteiger partial charge >= 0.3 is 0 Å². The number of carbonyl (C=O) groups excluding carboxylic acids is 3. The predicted octanol–water partition coefficient (Wildman–Crippen LogP) is 1.75. The Morgan fingerprint density at radius 3 is 2.69 bits per heavy atom. The topological polar surface area (TPSA) is 120 Å². The van der Waals surface area contributed by atoms with E-state index in [1.54, 1.807) is 29.3 Å². The molecule has 1 aromatic carbocycles. The molecule has 32 heavy (non-hydrogen) atoms. The van der Waals surface area contributed by atoms with Gasteiger partial charge in [0, 0.05) is 18.3 Å². The van der Waals surface area contributed by atoms with Gasteiger partial charge in [-0.15, -0.1) is 0 Å². The van der Waals surface area contributed by atoms with Crippen LogP contribution in [0.2, 0.25) is 0 Å². The molecule has 4 heterocycles. The third-order valence-corrected chi connectivity index (χ3v) is 5.88. The van der Waals surface area contributed by atoms with Crippen molar-refractivity contribution in [3.05, 3.63) is 76.7 Å². The van der Waals surface area contributed by atoms with Crippen molar-refractivity contribution < 1.29 is 14.4 Å². The fraction of sp³-hybridized carbons (Fsp3) is 0.261. The van der Waals surface area contributed by atoms with Crippen LogP contribution in [-0.4, -0.2) is 44.3 Å². The van der Waals surface area contributed by atoms with E-state index in [1.807, 2.05) is 24.3 Å². The van der Waals surface area contributed by atoms with Crippen molar-refractivity contribution in [3.63, 3.8) is 0 Å². The van der Waals surface area contributed by atoms with Gasteiger partial charge in [0.1, 0.15) is 5.69 Å². The Kier molecular flexibility index (Phi) is 5.14. The number of fused-ring (bicyclic) bond motifs is 1. The first-order chi connectivity index (χ1) is 15.6. The zero-order valence-corrected chi connectivity index (χ0v) is 17.3. The van der Waals surface area contributed by atoms with E-state index in [0.29, 0.717) is 31.1 Å². The quantitative estimate of drug-likeness (QED) is 0.570. The summed E-state index contributed by atoms with van der Waals surface area (Å²) < 4.78 is 0. The summed E-state index contributed by atoms with van der Waals surface area (Å²) in [5, 5.41) is 12.8. The van der Waals surface area contributed by atoms with Gasteiger partial charge in [0.15, 0.2) is 5.82 Å². The molecule has 0 saturated carbocycles. The maximum atomic E-state index is 12.6. The summed E-state index contributed by atoms with van der Waals surface area (Å²) in [5.41, 5.74) is 3.82. The maximum absolute atomic E-state index is 12.6. The Morgan fingerprint density at radius 1 is 1.12 bits per heavy atom. The van der Waals surface area contributed by atoms with Gasteiger partial charge < -0.3 is 15.5 Å². The molecule has 0 spiro atoms. The molecule has 3 aromatic rings. The number of H-pyrrole nitrogens is 1. The average Bonchev–Trinajstić information content (AvgIpc) is 3.52. The molecule has 1 fully saturated rings. The minimum Gasteiger partial charge on any atom is -0.356 e. The molecule has 0 radical (unpaired) electrons. The number of pyridine rings is 1. The summed E-state index contributed by atoms with van der Waals surface area (Å²) in [7, 11) is 0. The lowest BCUT2D eigenvalue weighted by atomic mass is 9.96. The van der Waals surface area contributed by atoms with Crippen molar-refractivity contribution in [1.29, 1.82) is 0 Å². The van der Waals surface area contributed by atoms with Crippen LogP contribution in [0, 0.1) is 0 Å². The summed E-state index contributed by atoms with van der Waals surface area (Å²) >= 11 is 0. The Bertz CT molecular complexity index is 1170. The molecule has 1 saturated heterocycles. The highest BCUT2D eigenvalue weighted by atomic mass is 16.2. The minimum atomic E-state index is -0.194. The predicted molar refractivity (Wildman–Crippen MR) is 116 cm³/mol. The van der Waals surface area contributed by atoms with Gasteiger partial charge in [0.25, 0.3) is 5.91 Å². The third kappa shape index (κ3) is 3.84. The highest BCUT2D eigenvalue weighted by Crippen LogP contribution is 2.28. The number of aromatic amines is 1. The summed E-state index contributed by atoms with van der Waals surface area (Å²) in [6.45, 7) is 1.45. The van der Waals surface area contributed by atoms with Crippen LogP contribution >= 0.6 is 0 Å². The van der Waals surface area contributed by atoms with Crippen LogP contribution in [0.25, 0.3) is 0 Å². The first-order valence-electron chi connectivity index (χ1n) is 10.5. The first kappa shape index (κ1) is 19.9. The molecule has 3 N–H and O–H groups in total. The van der Waals surface area contributed by atoms with Crippen LogP contribution < -0.4 is 10.6 Å². The number of nitrogens with one attached hydrogen (secondary N) is 3. The molecule has 9 nitrogen and oxygen atoms in total. The normalized spacial score (nSPS) is 17.2. The molecular formula is C23H22N6O3. The molecular weight excluding hydrogens is 408 g/mol. The third-order valence-electron chi connectivity index (χ3n) is 5.88. The van der Waals surface area contributed by atoms with Crippen LogP contribution in [0.4, 0.5) is 5.82 Å². The number of carbonyl (C=O) groups is 3. The number of aromatic nitrogens is 3. The largest absolute Gasteiger partial charge is 0.356 e. The highest BCUT2D eigenvalue weighted by molar-refractivity contribution is 5.94. The van der Waals surface area contributed by atoms with E-state index in [2.05, 4.69) is 25.8 Å². The molecule has 2 aromatic heterocycles. The van der Waals surface area contributed by atoms with E-state index in [9.17, 15) is 14.4 Å². The lowest BCUT2D eigenvalue weighted by Crippen LogP contribution is -2.26. The van der Waals surface area contributed by atoms with Crippen molar-refractivity contribution >= 4 is 23.5 Å². The second-order valence-electron chi connectivity index (χ2n) is 8.00. The lowest BCUT2D eigenvalue weighted by molar-refractivity contribution is -0.120. The number of anilines is 1. The van der Waals surface area contributed by atoms with Crippen molar-refractivity contribution in [2.45, 2.75) is 31.8 Å². The molecule has 1 unspecified atom stereocenters. The average molecular weight is 430 g/mol. The van der Waals surface area contributed by atoms with Crippen LogP contribution in [0.1, 0.15) is 45.2 Å². The van der Waals surface area contributed by atoms with Gasteiger partial charge in [-0.05, 0) is 29.7 Å². The van der Waals surface area contributed by atoms with E-state index >= 15 is 0 Å². The van der Waals surface area contributed by atoms with Gasteiger partial charge in [-0.1, -0.05) is 30.3 Å². The van der Waals surface area contributed by atoms with E-state index in [-0.39, 0.29) is 30.1 Å². The summed E-state index contributed by atoms with van der Waals surface area (Å²) in [5.74, 6) is 0.0314. The Hall–Kier alpha value is -4.01. The Labute approximate surface area is 184 Å². The maximum Gasteiger partial charge on any atom is 0.273 e. The molecule has 162 valence electrons. The molecule has 2 aliphatic heterocycles. The number of rotatable bonds is 5. The van der Waals surface area contributed by atoms with Crippen molar-refractivity contribution in [1.82, 2.24) is 25.4 Å². The zero-order valence-electron chi connectivity index (χ0n) is 17.3. The van der Waals surface area contributed by atoms with E-state index in [1.165, 1.54) is 0 Å². The fourth-order valence-corrected chi connectivity index (χ4v) is 4.18. The molecule has 1 atom stereocenters. The van der Waals surface area contributed by atoms with Crippen LogP contribution in [0.3, 0.4) is 0 Å². The smallest absolute Gasteiger partial charge is 0.273 e. The molecule has 2 aliphatic rings. The minimum absolute atomic E-state index is 0.0541. The lowest BCUT2D eigenvalue weighted by Gasteiger charge is -2.15. The van der Waals surface area contributed by atoms with Gasteiger partial charge in [0.2, 0.25) is 11.8 Å². The molecule has 9 heteroatoms. The number of benzene rings is 1. The summed E-state index contributed by atoms with van der Waals surface area (Å²) in [6, 6.07) is 12.8. The van der Waals surface area contributed by atoms with Crippen LogP contribution in [-0.2, 0) is 29.1 Å². The van der Waals surface area contributed by atoms with Crippen LogP contribution in [0.15, 0.2) is 48.7 Å². The Morgan fingerprint density at radius 2 is 1.97 bits per heavy atom.